The van der Waals surface area contributed by atoms with Gasteiger partial charge in [0.2, 0.25) is 0 Å². The maximum absolute atomic E-state index is 9.20. The highest BCUT2D eigenvalue weighted by atomic mass is 28.3. The van der Waals surface area contributed by atoms with Crippen molar-refractivity contribution in [1.29, 1.82) is 0 Å². The van der Waals surface area contributed by atoms with Gasteiger partial charge in [-0.1, -0.05) is 38.7 Å². The van der Waals surface area contributed by atoms with Gasteiger partial charge in [0, 0.05) is 5.41 Å². The van der Waals surface area contributed by atoms with E-state index in [-0.39, 0.29) is 5.41 Å². The molecule has 0 heterocycles. The number of allylic oxidation sites excluding steroid dienone is 1. The maximum atomic E-state index is 9.20. The zero-order valence-corrected chi connectivity index (χ0v) is 10.3. The molecule has 1 aliphatic rings. The molecule has 1 aliphatic carbocycles. The Morgan fingerprint density at radius 1 is 1.46 bits per heavy atom. The normalized spacial score (nSPS) is 35.0. The van der Waals surface area contributed by atoms with E-state index < -0.39 is 8.07 Å². The zero-order chi connectivity index (χ0) is 10.1. The van der Waals surface area contributed by atoms with E-state index in [1.807, 2.05) is 0 Å². The largest absolute Gasteiger partial charge is 0.395 e. The molecule has 1 N–H and O–H groups in total. The summed E-state index contributed by atoms with van der Waals surface area (Å²) in [7, 11) is -1.00. The second-order valence-electron chi connectivity index (χ2n) is 5.68. The van der Waals surface area contributed by atoms with Crippen molar-refractivity contribution in [3.63, 3.8) is 0 Å². The van der Waals surface area contributed by atoms with E-state index in [0.29, 0.717) is 6.61 Å². The fourth-order valence-corrected chi connectivity index (χ4v) is 3.55. The standard InChI is InChI=1S/C11H22OSi/c1-11(9-12)7-5-10(6-8-11)13(2,3)4/h5,7,10,12H,6,8-9H2,1-4H3/t10-,11-/m1/s1. The van der Waals surface area contributed by atoms with Gasteiger partial charge in [0.05, 0.1) is 14.7 Å². The first kappa shape index (κ1) is 11.0. The van der Waals surface area contributed by atoms with Crippen LogP contribution in [-0.2, 0) is 0 Å². The van der Waals surface area contributed by atoms with Crippen LogP contribution < -0.4 is 0 Å². The average molecular weight is 198 g/mol. The SMILES string of the molecule is C[C@@]1(CO)C=C[C@@H]([Si](C)(C)C)CC1. The molecule has 2 heteroatoms. The molecular weight excluding hydrogens is 176 g/mol. The smallest absolute Gasteiger partial charge is 0.0519 e. The highest BCUT2D eigenvalue weighted by Gasteiger charge is 2.31. The quantitative estimate of drug-likeness (QED) is 0.534. The van der Waals surface area contributed by atoms with Gasteiger partial charge in [-0.15, -0.1) is 0 Å². The molecule has 0 amide bonds. The molecule has 0 saturated carbocycles. The fraction of sp³-hybridized carbons (Fsp3) is 0.818. The first-order valence-corrected chi connectivity index (χ1v) is 8.75. The Bertz CT molecular complexity index is 205. The highest BCUT2D eigenvalue weighted by molar-refractivity contribution is 6.78. The van der Waals surface area contributed by atoms with Crippen molar-refractivity contribution in [2.24, 2.45) is 5.41 Å². The van der Waals surface area contributed by atoms with E-state index in [9.17, 15) is 5.11 Å². The lowest BCUT2D eigenvalue weighted by molar-refractivity contribution is 0.168. The first-order chi connectivity index (χ1) is 5.87. The van der Waals surface area contributed by atoms with Gasteiger partial charge in [-0.25, -0.2) is 0 Å². The van der Waals surface area contributed by atoms with Gasteiger partial charge < -0.3 is 5.11 Å². The van der Waals surface area contributed by atoms with Gasteiger partial charge in [-0.2, -0.15) is 0 Å². The average Bonchev–Trinajstić information content (AvgIpc) is 2.04. The van der Waals surface area contributed by atoms with Crippen molar-refractivity contribution in [2.75, 3.05) is 6.61 Å². The van der Waals surface area contributed by atoms with Crippen LogP contribution in [0.15, 0.2) is 12.2 Å². The molecule has 1 rings (SSSR count). The fourth-order valence-electron chi connectivity index (χ4n) is 1.87. The molecule has 0 fully saturated rings. The minimum atomic E-state index is -1.00. The van der Waals surface area contributed by atoms with E-state index in [1.54, 1.807) is 0 Å². The molecule has 0 saturated heterocycles. The van der Waals surface area contributed by atoms with Crippen molar-refractivity contribution >= 4 is 8.07 Å². The van der Waals surface area contributed by atoms with Crippen LogP contribution in [0.5, 0.6) is 0 Å². The molecule has 2 atom stereocenters. The van der Waals surface area contributed by atoms with Crippen LogP contribution in [0.2, 0.25) is 25.2 Å². The predicted molar refractivity (Wildman–Crippen MR) is 60.7 cm³/mol. The molecule has 0 aliphatic heterocycles. The van der Waals surface area contributed by atoms with Gasteiger partial charge in [0.1, 0.15) is 0 Å². The first-order valence-electron chi connectivity index (χ1n) is 5.18. The van der Waals surface area contributed by atoms with Crippen LogP contribution in [0.1, 0.15) is 19.8 Å². The Balaban J connectivity index is 2.67. The van der Waals surface area contributed by atoms with Crippen molar-refractivity contribution in [3.05, 3.63) is 12.2 Å². The van der Waals surface area contributed by atoms with Crippen LogP contribution in [0.3, 0.4) is 0 Å². The molecule has 0 aromatic heterocycles. The molecule has 1 nitrogen and oxygen atoms in total. The van der Waals surface area contributed by atoms with Gasteiger partial charge >= 0.3 is 0 Å². The number of aliphatic hydroxyl groups excluding tert-OH is 1. The Labute approximate surface area is 82.9 Å². The van der Waals surface area contributed by atoms with Crippen LogP contribution in [-0.4, -0.2) is 19.8 Å². The number of rotatable bonds is 2. The van der Waals surface area contributed by atoms with E-state index >= 15 is 0 Å². The van der Waals surface area contributed by atoms with E-state index in [0.717, 1.165) is 12.0 Å². The number of hydrogen-bond acceptors (Lipinski definition) is 1. The molecule has 0 aromatic rings. The summed E-state index contributed by atoms with van der Waals surface area (Å²) in [6.45, 7) is 9.70. The minimum Gasteiger partial charge on any atom is -0.395 e. The second-order valence-corrected chi connectivity index (χ2v) is 11.2. The van der Waals surface area contributed by atoms with Gasteiger partial charge in [0.25, 0.3) is 0 Å². The summed E-state index contributed by atoms with van der Waals surface area (Å²) in [6.07, 6.45) is 7.00. The maximum Gasteiger partial charge on any atom is 0.0519 e. The van der Waals surface area contributed by atoms with E-state index in [2.05, 4.69) is 38.7 Å². The highest BCUT2D eigenvalue weighted by Crippen LogP contribution is 2.39. The lowest BCUT2D eigenvalue weighted by Gasteiger charge is -2.35. The Hall–Kier alpha value is -0.0831. The van der Waals surface area contributed by atoms with Crippen LogP contribution in [0.4, 0.5) is 0 Å². The zero-order valence-electron chi connectivity index (χ0n) is 9.30. The van der Waals surface area contributed by atoms with Gasteiger partial charge in [-0.3, -0.25) is 0 Å². The predicted octanol–water partition coefficient (Wildman–Crippen LogP) is 3.04. The van der Waals surface area contributed by atoms with E-state index in [1.165, 1.54) is 6.42 Å². The summed E-state index contributed by atoms with van der Waals surface area (Å²) in [5.74, 6) is 0. The molecule has 13 heavy (non-hydrogen) atoms. The van der Waals surface area contributed by atoms with Crippen LogP contribution in [0, 0.1) is 5.41 Å². The summed E-state index contributed by atoms with van der Waals surface area (Å²) in [5, 5.41) is 9.20. The Morgan fingerprint density at radius 3 is 2.38 bits per heavy atom. The summed E-state index contributed by atoms with van der Waals surface area (Å²) in [4.78, 5) is 0. The Morgan fingerprint density at radius 2 is 2.08 bits per heavy atom. The van der Waals surface area contributed by atoms with Gasteiger partial charge in [-0.05, 0) is 18.4 Å². The van der Waals surface area contributed by atoms with Crippen LogP contribution >= 0.6 is 0 Å². The summed E-state index contributed by atoms with van der Waals surface area (Å²) >= 11 is 0. The van der Waals surface area contributed by atoms with Crippen molar-refractivity contribution in [1.82, 2.24) is 0 Å². The molecule has 0 spiro atoms. The minimum absolute atomic E-state index is 0.0656. The summed E-state index contributed by atoms with van der Waals surface area (Å²) < 4.78 is 0. The molecule has 0 radical (unpaired) electrons. The molecule has 76 valence electrons. The van der Waals surface area contributed by atoms with Crippen molar-refractivity contribution in [2.45, 2.75) is 44.9 Å². The Kier molecular flexibility index (Phi) is 3.03. The second kappa shape index (κ2) is 3.58. The molecule has 0 unspecified atom stereocenters. The lowest BCUT2D eigenvalue weighted by atomic mass is 9.81. The van der Waals surface area contributed by atoms with Crippen molar-refractivity contribution < 1.29 is 5.11 Å². The lowest BCUT2D eigenvalue weighted by Crippen LogP contribution is -2.32. The third-order valence-electron chi connectivity index (χ3n) is 3.23. The third kappa shape index (κ3) is 2.68. The van der Waals surface area contributed by atoms with Crippen molar-refractivity contribution in [3.8, 4) is 0 Å². The molecule has 0 bridgehead atoms. The topological polar surface area (TPSA) is 20.2 Å². The molecular formula is C11H22OSi. The number of hydrogen-bond donors (Lipinski definition) is 1. The van der Waals surface area contributed by atoms with Gasteiger partial charge in [0.15, 0.2) is 0 Å². The van der Waals surface area contributed by atoms with E-state index in [4.69, 9.17) is 0 Å². The summed E-state index contributed by atoms with van der Waals surface area (Å²) in [6, 6.07) is 0. The monoisotopic (exact) mass is 198 g/mol. The summed E-state index contributed by atoms with van der Waals surface area (Å²) in [5.41, 5.74) is 0.878. The third-order valence-corrected chi connectivity index (χ3v) is 5.94. The van der Waals surface area contributed by atoms with Crippen LogP contribution in [0.25, 0.3) is 0 Å². The number of aliphatic hydroxyl groups is 1. The molecule has 0 aromatic carbocycles.